The van der Waals surface area contributed by atoms with E-state index in [0.29, 0.717) is 14.9 Å². The molecule has 2 nitrogen and oxygen atoms in total. The van der Waals surface area contributed by atoms with Crippen LogP contribution in [-0.2, 0) is 4.79 Å². The van der Waals surface area contributed by atoms with Crippen molar-refractivity contribution < 1.29 is 61.3 Å². The molecule has 0 atom stereocenters. The van der Waals surface area contributed by atoms with Crippen LogP contribution in [-0.4, -0.2) is 11.7 Å². The van der Waals surface area contributed by atoms with E-state index in [-0.39, 0.29) is 57.1 Å². The quantitative estimate of drug-likeness (QED) is 0.516. The molecule has 1 rings (SSSR count). The van der Waals surface area contributed by atoms with Gasteiger partial charge in [0.25, 0.3) is 0 Å². The Hall–Kier alpha value is 1.26. The van der Waals surface area contributed by atoms with Crippen molar-refractivity contribution in [1.29, 1.82) is 0 Å². The number of aliphatic carboxylic acids is 1. The first-order valence-electron chi connectivity index (χ1n) is 3.37. The molecule has 0 saturated carbocycles. The van der Waals surface area contributed by atoms with Crippen molar-refractivity contribution >= 4 is 40.9 Å². The Morgan fingerprint density at radius 1 is 1.43 bits per heavy atom. The van der Waals surface area contributed by atoms with Crippen LogP contribution in [0.1, 0.15) is 0 Å². The largest absolute Gasteiger partial charge is 1.00 e. The van der Waals surface area contributed by atoms with Crippen molar-refractivity contribution in [3.05, 3.63) is 28.2 Å². The van der Waals surface area contributed by atoms with Crippen molar-refractivity contribution in [2.24, 2.45) is 0 Å². The molecule has 1 aromatic rings. The van der Waals surface area contributed by atoms with Crippen LogP contribution in [0.4, 0.5) is 0 Å². The van der Waals surface area contributed by atoms with E-state index in [1.165, 1.54) is 0 Å². The smallest absolute Gasteiger partial charge is 0.549 e. The van der Waals surface area contributed by atoms with Gasteiger partial charge in [-0.3, -0.25) is 0 Å². The Balaban J connectivity index is 0.00000169. The first-order chi connectivity index (χ1) is 6.09. The van der Waals surface area contributed by atoms with Crippen LogP contribution in [0.25, 0.3) is 0 Å². The van der Waals surface area contributed by atoms with E-state index in [0.717, 1.165) is 11.8 Å². The Bertz CT molecular complexity index is 333. The van der Waals surface area contributed by atoms with Gasteiger partial charge in [0.1, 0.15) is 0 Å². The van der Waals surface area contributed by atoms with Crippen molar-refractivity contribution in [2.75, 3.05) is 5.75 Å². The van der Waals surface area contributed by atoms with Gasteiger partial charge in [-0.15, -0.1) is 11.8 Å². The molecule has 0 aliphatic heterocycles. The molecule has 0 amide bonds. The fourth-order valence-corrected chi connectivity index (χ4v) is 1.93. The van der Waals surface area contributed by atoms with Crippen molar-refractivity contribution in [3.63, 3.8) is 0 Å². The number of benzene rings is 1. The van der Waals surface area contributed by atoms with Crippen LogP contribution in [0.3, 0.4) is 0 Å². The minimum atomic E-state index is -1.12. The van der Waals surface area contributed by atoms with Crippen LogP contribution >= 0.6 is 35.0 Å². The predicted octanol–water partition coefficient (Wildman–Crippen LogP) is -1.16. The summed E-state index contributed by atoms with van der Waals surface area (Å²) in [5, 5.41) is 11.2. The SMILES string of the molecule is O=C([O-])CSc1cc(Cl)ccc1Cl.[K+]. The monoisotopic (exact) mass is 274 g/mol. The zero-order valence-electron chi connectivity index (χ0n) is 7.42. The van der Waals surface area contributed by atoms with Crippen molar-refractivity contribution in [1.82, 2.24) is 0 Å². The number of carboxylic acid groups (broad SMARTS) is 1. The van der Waals surface area contributed by atoms with E-state index < -0.39 is 5.97 Å². The molecule has 0 aliphatic carbocycles. The molecular weight excluding hydrogens is 270 g/mol. The molecule has 1 aromatic carbocycles. The van der Waals surface area contributed by atoms with Crippen LogP contribution in [0.5, 0.6) is 0 Å². The Morgan fingerprint density at radius 3 is 2.64 bits per heavy atom. The summed E-state index contributed by atoms with van der Waals surface area (Å²) in [4.78, 5) is 10.8. The summed E-state index contributed by atoms with van der Waals surface area (Å²) in [5.41, 5.74) is 0. The van der Waals surface area contributed by atoms with Crippen LogP contribution < -0.4 is 56.5 Å². The predicted molar refractivity (Wildman–Crippen MR) is 52.2 cm³/mol. The zero-order valence-corrected chi connectivity index (χ0v) is 12.9. The van der Waals surface area contributed by atoms with Crippen LogP contribution in [0.2, 0.25) is 10.0 Å². The molecule has 0 unspecified atom stereocenters. The molecule has 0 aromatic heterocycles. The van der Waals surface area contributed by atoms with Gasteiger partial charge in [-0.05, 0) is 18.2 Å². The molecule has 0 N–H and O–H groups in total. The van der Waals surface area contributed by atoms with Gasteiger partial charge in [0.05, 0.1) is 11.0 Å². The van der Waals surface area contributed by atoms with E-state index in [4.69, 9.17) is 23.2 Å². The van der Waals surface area contributed by atoms with E-state index >= 15 is 0 Å². The molecular formula is C8H5Cl2KO2S. The van der Waals surface area contributed by atoms with E-state index in [9.17, 15) is 9.90 Å². The van der Waals surface area contributed by atoms with Gasteiger partial charge in [-0.2, -0.15) is 0 Å². The molecule has 70 valence electrons. The molecule has 0 bridgehead atoms. The maximum Gasteiger partial charge on any atom is 1.00 e. The van der Waals surface area contributed by atoms with Gasteiger partial charge >= 0.3 is 51.4 Å². The van der Waals surface area contributed by atoms with Gasteiger partial charge in [-0.1, -0.05) is 23.2 Å². The summed E-state index contributed by atoms with van der Waals surface area (Å²) in [6.07, 6.45) is 0. The average molecular weight is 275 g/mol. The third-order valence-corrected chi connectivity index (χ3v) is 2.94. The Labute approximate surface area is 139 Å². The summed E-state index contributed by atoms with van der Waals surface area (Å²) >= 11 is 12.6. The summed E-state index contributed by atoms with van der Waals surface area (Å²) < 4.78 is 0. The minimum Gasteiger partial charge on any atom is -0.549 e. The van der Waals surface area contributed by atoms with Gasteiger partial charge in [-0.25, -0.2) is 0 Å². The summed E-state index contributed by atoms with van der Waals surface area (Å²) in [6.45, 7) is 0. The third kappa shape index (κ3) is 5.37. The van der Waals surface area contributed by atoms with E-state index in [1.54, 1.807) is 18.2 Å². The number of carbonyl (C=O) groups is 1. The fourth-order valence-electron chi connectivity index (χ4n) is 0.724. The third-order valence-electron chi connectivity index (χ3n) is 1.24. The maximum absolute atomic E-state index is 10.2. The molecule has 14 heavy (non-hydrogen) atoms. The summed E-state index contributed by atoms with van der Waals surface area (Å²) in [5.74, 6) is -1.25. The number of carboxylic acids is 1. The first-order valence-corrected chi connectivity index (χ1v) is 5.11. The first kappa shape index (κ1) is 15.3. The maximum atomic E-state index is 10.2. The zero-order chi connectivity index (χ0) is 9.84. The average Bonchev–Trinajstić information content (AvgIpc) is 2.06. The Kier molecular flexibility index (Phi) is 8.19. The topological polar surface area (TPSA) is 40.1 Å². The Morgan fingerprint density at radius 2 is 2.07 bits per heavy atom. The normalized spacial score (nSPS) is 9.29. The summed E-state index contributed by atoms with van der Waals surface area (Å²) in [7, 11) is 0. The van der Waals surface area contributed by atoms with E-state index in [1.807, 2.05) is 0 Å². The molecule has 0 saturated heterocycles. The summed E-state index contributed by atoms with van der Waals surface area (Å²) in [6, 6.07) is 4.89. The van der Waals surface area contributed by atoms with Gasteiger partial charge < -0.3 is 9.90 Å². The molecule has 0 fully saturated rings. The molecule has 0 aliphatic rings. The molecule has 0 spiro atoms. The fraction of sp³-hybridized carbons (Fsp3) is 0.125. The van der Waals surface area contributed by atoms with E-state index in [2.05, 4.69) is 0 Å². The number of halogens is 2. The molecule has 6 heteroatoms. The molecule has 0 heterocycles. The van der Waals surface area contributed by atoms with Crippen LogP contribution in [0, 0.1) is 0 Å². The second-order valence-electron chi connectivity index (χ2n) is 2.24. The van der Waals surface area contributed by atoms with Gasteiger partial charge in [0.15, 0.2) is 0 Å². The van der Waals surface area contributed by atoms with Crippen molar-refractivity contribution in [3.8, 4) is 0 Å². The van der Waals surface area contributed by atoms with Gasteiger partial charge in [0.2, 0.25) is 0 Å². The van der Waals surface area contributed by atoms with Gasteiger partial charge in [0, 0.05) is 15.7 Å². The second kappa shape index (κ2) is 7.52. The number of rotatable bonds is 3. The second-order valence-corrected chi connectivity index (χ2v) is 4.10. The number of hydrogen-bond acceptors (Lipinski definition) is 3. The van der Waals surface area contributed by atoms with Crippen LogP contribution in [0.15, 0.2) is 23.1 Å². The molecule has 0 radical (unpaired) electrons. The number of thioether (sulfide) groups is 1. The van der Waals surface area contributed by atoms with Crippen molar-refractivity contribution in [2.45, 2.75) is 4.90 Å². The number of hydrogen-bond donors (Lipinski definition) is 0. The minimum absolute atomic E-state index is 0. The number of carbonyl (C=O) groups excluding carboxylic acids is 1. The standard InChI is InChI=1S/C8H6Cl2O2S.K/c9-5-1-2-6(10)7(3-5)13-4-8(11)12;/h1-3H,4H2,(H,11,12);/q;+1/p-1.